The number of amides is 1. The number of hydrogen-bond donors (Lipinski definition) is 0. The molecule has 2 saturated heterocycles. The number of piperidine rings is 2. The van der Waals surface area contributed by atoms with Crippen LogP contribution in [0.1, 0.15) is 37.7 Å². The number of likely N-dealkylation sites (tertiary alicyclic amines) is 2. The highest BCUT2D eigenvalue weighted by Gasteiger charge is 2.43. The van der Waals surface area contributed by atoms with Crippen molar-refractivity contribution >= 4 is 17.8 Å². The Hall–Kier alpha value is -1.94. The number of fused-ring (bicyclic) bond motifs is 1. The van der Waals surface area contributed by atoms with Gasteiger partial charge in [0.05, 0.1) is 0 Å². The number of nitrogens with zero attached hydrogens (tertiary/aromatic N) is 2. The Labute approximate surface area is 149 Å². The van der Waals surface area contributed by atoms with E-state index in [1.165, 1.54) is 38.3 Å². The molecular formula is C21H26N2O2. The molecule has 3 aliphatic rings. The molecule has 25 heavy (non-hydrogen) atoms. The van der Waals surface area contributed by atoms with Crippen LogP contribution in [0.5, 0.6) is 0 Å². The molecule has 2 unspecified atom stereocenters. The fourth-order valence-corrected chi connectivity index (χ4v) is 4.45. The van der Waals surface area contributed by atoms with Gasteiger partial charge in [0.15, 0.2) is 0 Å². The van der Waals surface area contributed by atoms with Crippen molar-refractivity contribution in [2.75, 3.05) is 19.6 Å². The maximum Gasteiger partial charge on any atom is 0.294 e. The van der Waals surface area contributed by atoms with E-state index < -0.39 is 5.78 Å². The third-order valence-electron chi connectivity index (χ3n) is 5.85. The lowest BCUT2D eigenvalue weighted by atomic mass is 9.83. The number of benzene rings is 1. The largest absolute Gasteiger partial charge is 0.335 e. The van der Waals surface area contributed by atoms with Gasteiger partial charge in [0, 0.05) is 25.2 Å². The fraction of sp³-hybridized carbons (Fsp3) is 0.524. The topological polar surface area (TPSA) is 40.6 Å². The SMILES string of the molecule is O=C(/C=C/c1ccccc1)C(=O)N1CCC2C(CCCN2C2CC2)C1. The first-order valence-corrected chi connectivity index (χ1v) is 9.54. The minimum absolute atomic E-state index is 0.339. The van der Waals surface area contributed by atoms with E-state index in [9.17, 15) is 9.59 Å². The van der Waals surface area contributed by atoms with E-state index in [4.69, 9.17) is 0 Å². The molecule has 3 fully saturated rings. The second-order valence-electron chi connectivity index (χ2n) is 7.59. The highest BCUT2D eigenvalue weighted by atomic mass is 16.2. The Bertz CT molecular complexity index is 666. The third kappa shape index (κ3) is 3.69. The van der Waals surface area contributed by atoms with Crippen molar-refractivity contribution in [1.82, 2.24) is 9.80 Å². The standard InChI is InChI=1S/C21H26N2O2/c24-20(11-8-16-5-2-1-3-6-16)21(25)22-14-12-19-17(15-22)7-4-13-23(19)18-9-10-18/h1-3,5-6,8,11,17-19H,4,7,9-10,12-15H2/b11-8+. The summed E-state index contributed by atoms with van der Waals surface area (Å²) in [5.74, 6) is -0.204. The lowest BCUT2D eigenvalue weighted by molar-refractivity contribution is -0.144. The Kier molecular flexibility index (Phi) is 4.71. The summed E-state index contributed by atoms with van der Waals surface area (Å²) in [5, 5.41) is 0. The minimum Gasteiger partial charge on any atom is -0.335 e. The maximum absolute atomic E-state index is 12.5. The molecule has 0 N–H and O–H groups in total. The Morgan fingerprint density at radius 1 is 1.00 bits per heavy atom. The third-order valence-corrected chi connectivity index (χ3v) is 5.85. The van der Waals surface area contributed by atoms with Crippen molar-refractivity contribution in [2.45, 2.75) is 44.2 Å². The second kappa shape index (κ2) is 7.12. The van der Waals surface area contributed by atoms with E-state index in [-0.39, 0.29) is 5.91 Å². The van der Waals surface area contributed by atoms with Crippen molar-refractivity contribution in [1.29, 1.82) is 0 Å². The number of rotatable bonds is 4. The molecule has 4 heteroatoms. The molecule has 1 aromatic rings. The van der Waals surface area contributed by atoms with Crippen LogP contribution in [0.3, 0.4) is 0 Å². The zero-order valence-corrected chi connectivity index (χ0v) is 14.6. The first-order valence-electron chi connectivity index (χ1n) is 9.54. The van der Waals surface area contributed by atoms with Gasteiger partial charge in [-0.2, -0.15) is 0 Å². The van der Waals surface area contributed by atoms with Crippen LogP contribution in [0.15, 0.2) is 36.4 Å². The Balaban J connectivity index is 1.36. The van der Waals surface area contributed by atoms with Crippen molar-refractivity contribution in [3.63, 3.8) is 0 Å². The Morgan fingerprint density at radius 3 is 2.56 bits per heavy atom. The lowest BCUT2D eigenvalue weighted by Crippen LogP contribution is -2.56. The zero-order valence-electron chi connectivity index (χ0n) is 14.6. The summed E-state index contributed by atoms with van der Waals surface area (Å²) in [6.45, 7) is 2.68. The first kappa shape index (κ1) is 16.5. The molecular weight excluding hydrogens is 312 g/mol. The summed E-state index contributed by atoms with van der Waals surface area (Å²) >= 11 is 0. The van der Waals surface area contributed by atoms with Gasteiger partial charge in [-0.15, -0.1) is 0 Å². The molecule has 2 atom stereocenters. The minimum atomic E-state index is -0.405. The predicted octanol–water partition coefficient (Wildman–Crippen LogP) is 2.74. The molecule has 2 heterocycles. The van der Waals surface area contributed by atoms with Gasteiger partial charge in [0.25, 0.3) is 5.91 Å². The van der Waals surface area contributed by atoms with Gasteiger partial charge in [0.2, 0.25) is 5.78 Å². The van der Waals surface area contributed by atoms with E-state index in [0.29, 0.717) is 18.5 Å². The van der Waals surface area contributed by atoms with Crippen LogP contribution in [0.2, 0.25) is 0 Å². The summed E-state index contributed by atoms with van der Waals surface area (Å²) in [6.07, 6.45) is 9.25. The second-order valence-corrected chi connectivity index (χ2v) is 7.59. The first-order chi connectivity index (χ1) is 12.2. The lowest BCUT2D eigenvalue weighted by Gasteiger charge is -2.47. The quantitative estimate of drug-likeness (QED) is 0.626. The molecule has 0 radical (unpaired) electrons. The molecule has 4 nitrogen and oxygen atoms in total. The number of carbonyl (C=O) groups excluding carboxylic acids is 2. The van der Waals surface area contributed by atoms with Crippen LogP contribution >= 0.6 is 0 Å². The summed E-state index contributed by atoms with van der Waals surface area (Å²) in [6, 6.07) is 11.0. The van der Waals surface area contributed by atoms with Gasteiger partial charge < -0.3 is 4.90 Å². The molecule has 1 aliphatic carbocycles. The average Bonchev–Trinajstić information content (AvgIpc) is 3.50. The molecule has 0 spiro atoms. The van der Waals surface area contributed by atoms with Gasteiger partial charge in [0.1, 0.15) is 0 Å². The van der Waals surface area contributed by atoms with E-state index in [1.54, 1.807) is 11.0 Å². The van der Waals surface area contributed by atoms with Crippen molar-refractivity contribution < 1.29 is 9.59 Å². The molecule has 4 rings (SSSR count). The van der Waals surface area contributed by atoms with Crippen molar-refractivity contribution in [3.05, 3.63) is 42.0 Å². The number of hydrogen-bond acceptors (Lipinski definition) is 3. The van der Waals surface area contributed by atoms with Gasteiger partial charge in [-0.05, 0) is 56.2 Å². The fourth-order valence-electron chi connectivity index (χ4n) is 4.45. The van der Waals surface area contributed by atoms with E-state index >= 15 is 0 Å². The molecule has 1 amide bonds. The summed E-state index contributed by atoms with van der Waals surface area (Å²) in [7, 11) is 0. The normalized spacial score (nSPS) is 27.3. The van der Waals surface area contributed by atoms with Crippen molar-refractivity contribution in [2.24, 2.45) is 5.92 Å². The molecule has 2 aliphatic heterocycles. The van der Waals surface area contributed by atoms with Crippen LogP contribution in [-0.2, 0) is 9.59 Å². The predicted molar refractivity (Wildman–Crippen MR) is 97.9 cm³/mol. The molecule has 0 aromatic heterocycles. The molecule has 0 bridgehead atoms. The highest BCUT2D eigenvalue weighted by molar-refractivity contribution is 6.41. The average molecular weight is 338 g/mol. The summed E-state index contributed by atoms with van der Waals surface area (Å²) < 4.78 is 0. The van der Waals surface area contributed by atoms with E-state index in [1.807, 2.05) is 30.3 Å². The maximum atomic E-state index is 12.5. The van der Waals surface area contributed by atoms with E-state index in [2.05, 4.69) is 4.90 Å². The monoisotopic (exact) mass is 338 g/mol. The van der Waals surface area contributed by atoms with Gasteiger partial charge in [-0.1, -0.05) is 36.4 Å². The smallest absolute Gasteiger partial charge is 0.294 e. The van der Waals surface area contributed by atoms with Gasteiger partial charge >= 0.3 is 0 Å². The number of carbonyl (C=O) groups is 2. The Morgan fingerprint density at radius 2 is 1.80 bits per heavy atom. The van der Waals surface area contributed by atoms with Crippen molar-refractivity contribution in [3.8, 4) is 0 Å². The summed E-state index contributed by atoms with van der Waals surface area (Å²) in [4.78, 5) is 29.3. The molecule has 132 valence electrons. The van der Waals surface area contributed by atoms with Gasteiger partial charge in [-0.3, -0.25) is 14.5 Å². The molecule has 1 saturated carbocycles. The summed E-state index contributed by atoms with van der Waals surface area (Å²) in [5.41, 5.74) is 0.940. The van der Waals surface area contributed by atoms with Crippen LogP contribution < -0.4 is 0 Å². The van der Waals surface area contributed by atoms with Crippen LogP contribution in [0.25, 0.3) is 6.08 Å². The highest BCUT2D eigenvalue weighted by Crippen LogP contribution is 2.38. The number of ketones is 1. The van der Waals surface area contributed by atoms with Gasteiger partial charge in [-0.25, -0.2) is 0 Å². The molecule has 1 aromatic carbocycles. The van der Waals surface area contributed by atoms with Crippen LogP contribution in [0, 0.1) is 5.92 Å². The van der Waals surface area contributed by atoms with E-state index in [0.717, 1.165) is 24.6 Å². The van der Waals surface area contributed by atoms with Crippen LogP contribution in [0.4, 0.5) is 0 Å². The van der Waals surface area contributed by atoms with Crippen LogP contribution in [-0.4, -0.2) is 53.2 Å². The zero-order chi connectivity index (χ0) is 17.2.